The number of hydrogen-bond acceptors (Lipinski definition) is 7. The number of piperidine rings is 1. The molecule has 8 rings (SSSR count). The Morgan fingerprint density at radius 3 is 2.48 bits per heavy atom. The van der Waals surface area contributed by atoms with Crippen molar-refractivity contribution in [1.82, 2.24) is 24.6 Å². The minimum absolute atomic E-state index is 0.0553. The lowest BCUT2D eigenvalue weighted by atomic mass is 9.84. The van der Waals surface area contributed by atoms with Gasteiger partial charge in [-0.3, -0.25) is 4.90 Å². The Hall–Kier alpha value is -4.95. The number of hydrogen-bond donors (Lipinski definition) is 0. The Morgan fingerprint density at radius 1 is 0.820 bits per heavy atom. The van der Waals surface area contributed by atoms with Crippen LogP contribution in [0.4, 0.5) is 5.69 Å². The van der Waals surface area contributed by atoms with E-state index in [1.807, 2.05) is 12.1 Å². The van der Waals surface area contributed by atoms with Crippen LogP contribution in [0, 0.1) is 6.92 Å². The predicted molar refractivity (Wildman–Crippen MR) is 199 cm³/mol. The minimum atomic E-state index is -0.0553. The quantitative estimate of drug-likeness (QED) is 0.144. The molecule has 50 heavy (non-hydrogen) atoms. The van der Waals surface area contributed by atoms with E-state index in [0.717, 1.165) is 55.3 Å². The summed E-state index contributed by atoms with van der Waals surface area (Å²) in [6, 6.07) is 34.3. The zero-order chi connectivity index (χ0) is 34.0. The molecule has 0 aliphatic carbocycles. The largest absolute Gasteiger partial charge is 0.492 e. The van der Waals surface area contributed by atoms with Crippen molar-refractivity contribution in [2.75, 3.05) is 31.1 Å². The first-order valence-corrected chi connectivity index (χ1v) is 18.2. The molecular formula is C42H46N6O2. The summed E-state index contributed by atoms with van der Waals surface area (Å²) in [4.78, 5) is 10.1. The van der Waals surface area contributed by atoms with Crippen molar-refractivity contribution >= 4 is 16.7 Å². The molecule has 1 fully saturated rings. The third-order valence-corrected chi connectivity index (χ3v) is 10.7. The maximum absolute atomic E-state index is 6.49. The van der Waals surface area contributed by atoms with Gasteiger partial charge in [-0.15, -0.1) is 10.2 Å². The Morgan fingerprint density at radius 2 is 1.62 bits per heavy atom. The van der Waals surface area contributed by atoms with Gasteiger partial charge in [0.05, 0.1) is 23.6 Å². The fourth-order valence-corrected chi connectivity index (χ4v) is 7.88. The number of nitrogens with zero attached hydrogens (tertiary/aromatic N) is 6. The highest BCUT2D eigenvalue weighted by Gasteiger charge is 2.31. The van der Waals surface area contributed by atoms with Crippen molar-refractivity contribution in [1.29, 1.82) is 0 Å². The number of para-hydroxylation sites is 3. The fourth-order valence-electron chi connectivity index (χ4n) is 7.88. The fraction of sp³-hybridized carbons (Fsp3) is 0.357. The second kappa shape index (κ2) is 14.1. The minimum Gasteiger partial charge on any atom is -0.492 e. The Kier molecular flexibility index (Phi) is 9.11. The van der Waals surface area contributed by atoms with Crippen LogP contribution >= 0.6 is 0 Å². The van der Waals surface area contributed by atoms with E-state index in [1.54, 1.807) is 0 Å². The average Bonchev–Trinajstić information content (AvgIpc) is 3.81. The molecule has 2 aliphatic heterocycles. The van der Waals surface area contributed by atoms with Gasteiger partial charge >= 0.3 is 0 Å². The van der Waals surface area contributed by atoms with Gasteiger partial charge < -0.3 is 18.6 Å². The van der Waals surface area contributed by atoms with Crippen molar-refractivity contribution in [3.05, 3.63) is 125 Å². The van der Waals surface area contributed by atoms with Crippen LogP contribution in [0.5, 0.6) is 5.75 Å². The maximum atomic E-state index is 6.49. The molecule has 2 aliphatic rings. The number of aryl methyl sites for hydroxylation is 1. The summed E-state index contributed by atoms with van der Waals surface area (Å²) in [7, 11) is 0. The van der Waals surface area contributed by atoms with Crippen LogP contribution in [-0.4, -0.2) is 50.9 Å². The van der Waals surface area contributed by atoms with Gasteiger partial charge in [0, 0.05) is 23.7 Å². The van der Waals surface area contributed by atoms with E-state index in [1.165, 1.54) is 47.2 Å². The van der Waals surface area contributed by atoms with Gasteiger partial charge in [-0.1, -0.05) is 66.6 Å². The number of ether oxygens (including phenoxy) is 1. The molecule has 2 aromatic heterocycles. The smallest absolute Gasteiger partial charge is 0.247 e. The van der Waals surface area contributed by atoms with Gasteiger partial charge in [0.2, 0.25) is 11.8 Å². The van der Waals surface area contributed by atoms with Gasteiger partial charge in [0.1, 0.15) is 24.2 Å². The average molecular weight is 667 g/mol. The first-order valence-electron chi connectivity index (χ1n) is 18.2. The van der Waals surface area contributed by atoms with E-state index in [4.69, 9.17) is 14.1 Å². The van der Waals surface area contributed by atoms with Crippen LogP contribution < -0.4 is 9.64 Å². The summed E-state index contributed by atoms with van der Waals surface area (Å²) in [6.45, 7) is 11.0. The summed E-state index contributed by atoms with van der Waals surface area (Å²) in [5.74, 6) is 3.48. The summed E-state index contributed by atoms with van der Waals surface area (Å²) < 4.78 is 15.1. The second-order valence-corrected chi connectivity index (χ2v) is 13.9. The molecule has 8 heteroatoms. The lowest BCUT2D eigenvalue weighted by Gasteiger charge is -2.38. The molecule has 8 nitrogen and oxygen atoms in total. The third-order valence-electron chi connectivity index (χ3n) is 10.7. The molecule has 1 saturated heterocycles. The predicted octanol–water partition coefficient (Wildman–Crippen LogP) is 9.12. The van der Waals surface area contributed by atoms with Crippen molar-refractivity contribution in [2.24, 2.45) is 0 Å². The Labute approximate surface area is 294 Å². The van der Waals surface area contributed by atoms with Gasteiger partial charge in [0.25, 0.3) is 0 Å². The van der Waals surface area contributed by atoms with E-state index in [-0.39, 0.29) is 18.0 Å². The Bertz CT molecular complexity index is 2060. The lowest BCUT2D eigenvalue weighted by molar-refractivity contribution is 0.165. The number of benzene rings is 4. The molecule has 3 atom stereocenters. The van der Waals surface area contributed by atoms with Crippen molar-refractivity contribution in [3.63, 3.8) is 0 Å². The van der Waals surface area contributed by atoms with Crippen molar-refractivity contribution in [3.8, 4) is 17.2 Å². The molecule has 0 N–H and O–H groups in total. The van der Waals surface area contributed by atoms with Crippen LogP contribution in [-0.2, 0) is 6.54 Å². The van der Waals surface area contributed by atoms with Gasteiger partial charge in [0.15, 0.2) is 0 Å². The van der Waals surface area contributed by atoms with Crippen LogP contribution in [0.25, 0.3) is 22.5 Å². The van der Waals surface area contributed by atoms with Crippen LogP contribution in [0.15, 0.2) is 101 Å². The van der Waals surface area contributed by atoms with Crippen molar-refractivity contribution in [2.45, 2.75) is 71.0 Å². The summed E-state index contributed by atoms with van der Waals surface area (Å²) >= 11 is 0. The van der Waals surface area contributed by atoms with Crippen LogP contribution in [0.3, 0.4) is 0 Å². The number of imidazole rings is 1. The molecule has 0 radical (unpaired) electrons. The standard InChI is InChI=1S/C42H46N6O2/c1-29-18-20-32(21-19-29)42-45-44-41(50-42)31(3)47-25-22-35(36-14-5-7-16-38(36)47)33-12-11-13-34(28-33)49-27-26-48-39-17-8-6-15-37(39)43-40(48)30(2)46-23-9-4-10-24-46/h5-8,11-21,28,30-31,35H,4,9-10,22-27H2,1-3H3. The first kappa shape index (κ1) is 32.3. The third kappa shape index (κ3) is 6.40. The van der Waals surface area contributed by atoms with E-state index in [0.29, 0.717) is 18.4 Å². The van der Waals surface area contributed by atoms with Crippen LogP contribution in [0.2, 0.25) is 0 Å². The summed E-state index contributed by atoms with van der Waals surface area (Å²) in [6.07, 6.45) is 4.83. The van der Waals surface area contributed by atoms with Crippen LogP contribution in [0.1, 0.15) is 85.9 Å². The van der Waals surface area contributed by atoms with Crippen molar-refractivity contribution < 1.29 is 9.15 Å². The van der Waals surface area contributed by atoms with Gasteiger partial charge in [-0.05, 0) is 107 Å². The highest BCUT2D eigenvalue weighted by Crippen LogP contribution is 2.43. The molecular weight excluding hydrogens is 621 g/mol. The van der Waals surface area contributed by atoms with E-state index >= 15 is 0 Å². The topological polar surface area (TPSA) is 72.5 Å². The monoisotopic (exact) mass is 666 g/mol. The molecule has 256 valence electrons. The van der Waals surface area contributed by atoms with E-state index in [9.17, 15) is 0 Å². The molecule has 4 aromatic carbocycles. The highest BCUT2D eigenvalue weighted by molar-refractivity contribution is 5.76. The summed E-state index contributed by atoms with van der Waals surface area (Å²) in [5.41, 5.74) is 8.16. The molecule has 4 heterocycles. The molecule has 3 unspecified atom stereocenters. The van der Waals surface area contributed by atoms with Gasteiger partial charge in [-0.25, -0.2) is 4.98 Å². The molecule has 0 bridgehead atoms. The normalized spacial score (nSPS) is 17.8. The number of aromatic nitrogens is 4. The molecule has 6 aromatic rings. The van der Waals surface area contributed by atoms with E-state index < -0.39 is 0 Å². The second-order valence-electron chi connectivity index (χ2n) is 13.9. The highest BCUT2D eigenvalue weighted by atomic mass is 16.5. The maximum Gasteiger partial charge on any atom is 0.247 e. The number of anilines is 1. The SMILES string of the molecule is Cc1ccc(-c2nnc(C(C)N3CCC(c4cccc(OCCn5c(C(C)N6CCCCC6)nc6ccccc65)c4)c4ccccc43)o2)cc1. The first-order chi connectivity index (χ1) is 24.5. The number of likely N-dealkylation sites (tertiary alicyclic amines) is 1. The summed E-state index contributed by atoms with van der Waals surface area (Å²) in [5, 5.41) is 8.86. The zero-order valence-electron chi connectivity index (χ0n) is 29.3. The lowest BCUT2D eigenvalue weighted by Crippen LogP contribution is -2.34. The Balaban J connectivity index is 0.980. The molecule has 0 saturated carbocycles. The van der Waals surface area contributed by atoms with Gasteiger partial charge in [-0.2, -0.15) is 0 Å². The zero-order valence-corrected chi connectivity index (χ0v) is 29.3. The van der Waals surface area contributed by atoms with E-state index in [2.05, 4.69) is 130 Å². The number of rotatable bonds is 10. The molecule has 0 spiro atoms. The number of fused-ring (bicyclic) bond motifs is 2. The molecule has 0 amide bonds.